The van der Waals surface area contributed by atoms with E-state index in [2.05, 4.69) is 0 Å². The molecule has 2 aromatic rings. The molecule has 0 bridgehead atoms. The van der Waals surface area contributed by atoms with Crippen molar-refractivity contribution in [2.45, 2.75) is 11.5 Å². The summed E-state index contributed by atoms with van der Waals surface area (Å²) in [5.41, 5.74) is 0.725. The van der Waals surface area contributed by atoms with Gasteiger partial charge in [-0.25, -0.2) is 13.1 Å². The monoisotopic (exact) mass is 339 g/mol. The minimum atomic E-state index is -3.87. The van der Waals surface area contributed by atoms with E-state index >= 15 is 0 Å². The van der Waals surface area contributed by atoms with Gasteiger partial charge in [-0.2, -0.15) is 0 Å². The largest absolute Gasteiger partial charge is 0.367 e. The third-order valence-electron chi connectivity index (χ3n) is 2.75. The Morgan fingerprint density at radius 2 is 1.68 bits per heavy atom. The number of halogens is 1. The predicted octanol–water partition coefficient (Wildman–Crippen LogP) is 2.36. The maximum absolute atomic E-state index is 11.9. The Hall–Kier alpha value is -1.89. The van der Waals surface area contributed by atoms with Gasteiger partial charge in [0.25, 0.3) is 15.9 Å². The van der Waals surface area contributed by atoms with Crippen molar-refractivity contribution in [3.63, 3.8) is 0 Å². The number of benzene rings is 2. The van der Waals surface area contributed by atoms with E-state index in [1.54, 1.807) is 42.5 Å². The minimum absolute atomic E-state index is 0.0226. The molecule has 1 N–H and O–H groups in total. The zero-order chi connectivity index (χ0) is 16.0. The number of carbonyl (C=O) groups is 1. The van der Waals surface area contributed by atoms with Crippen LogP contribution in [0.3, 0.4) is 0 Å². The third kappa shape index (κ3) is 4.56. The van der Waals surface area contributed by atoms with Crippen LogP contribution in [0.5, 0.6) is 0 Å². The Kier molecular flexibility index (Phi) is 5.54. The van der Waals surface area contributed by atoms with E-state index in [1.807, 2.05) is 4.72 Å². The molecule has 0 fully saturated rings. The van der Waals surface area contributed by atoms with E-state index in [-0.39, 0.29) is 18.1 Å². The van der Waals surface area contributed by atoms with Crippen molar-refractivity contribution in [2.75, 3.05) is 6.61 Å². The maximum Gasteiger partial charge on any atom is 0.264 e. The minimum Gasteiger partial charge on any atom is -0.367 e. The zero-order valence-electron chi connectivity index (χ0n) is 11.5. The average molecular weight is 340 g/mol. The second kappa shape index (κ2) is 7.40. The second-order valence-corrected chi connectivity index (χ2v) is 6.52. The summed E-state index contributed by atoms with van der Waals surface area (Å²) in [5.74, 6) is -0.740. The van der Waals surface area contributed by atoms with Gasteiger partial charge in [0.05, 0.1) is 11.5 Å². The first-order valence-electron chi connectivity index (χ1n) is 6.41. The smallest absolute Gasteiger partial charge is 0.264 e. The van der Waals surface area contributed by atoms with Crippen molar-refractivity contribution in [2.24, 2.45) is 0 Å². The van der Waals surface area contributed by atoms with Crippen molar-refractivity contribution in [3.05, 3.63) is 65.2 Å². The normalized spacial score (nSPS) is 11.1. The zero-order valence-corrected chi connectivity index (χ0v) is 13.1. The Morgan fingerprint density at radius 3 is 2.36 bits per heavy atom. The van der Waals surface area contributed by atoms with Crippen molar-refractivity contribution in [1.82, 2.24) is 4.72 Å². The standard InChI is InChI=1S/C15H14ClNO4S/c16-14-9-5-4-6-12(14)10-21-11-15(18)17-22(19,20)13-7-2-1-3-8-13/h1-9H,10-11H2,(H,17,18). The van der Waals surface area contributed by atoms with Gasteiger partial charge in [-0.15, -0.1) is 0 Å². The van der Waals surface area contributed by atoms with Crippen molar-refractivity contribution in [3.8, 4) is 0 Å². The Balaban J connectivity index is 1.87. The maximum atomic E-state index is 11.9. The fourth-order valence-electron chi connectivity index (χ4n) is 1.71. The van der Waals surface area contributed by atoms with Crippen molar-refractivity contribution >= 4 is 27.5 Å². The van der Waals surface area contributed by atoms with Crippen molar-refractivity contribution in [1.29, 1.82) is 0 Å². The van der Waals surface area contributed by atoms with Crippen LogP contribution in [0.4, 0.5) is 0 Å². The quantitative estimate of drug-likeness (QED) is 0.877. The van der Waals surface area contributed by atoms with Gasteiger partial charge >= 0.3 is 0 Å². The van der Waals surface area contributed by atoms with E-state index < -0.39 is 15.9 Å². The summed E-state index contributed by atoms with van der Waals surface area (Å²) in [6, 6.07) is 14.7. The molecule has 116 valence electrons. The molecule has 0 unspecified atom stereocenters. The molecule has 0 heterocycles. The SMILES string of the molecule is O=C(COCc1ccccc1Cl)NS(=O)(=O)c1ccccc1. The molecule has 0 aliphatic carbocycles. The van der Waals surface area contributed by atoms with Crippen LogP contribution in [0.15, 0.2) is 59.5 Å². The van der Waals surface area contributed by atoms with Gasteiger partial charge in [0.15, 0.2) is 0 Å². The van der Waals surface area contributed by atoms with Crippen molar-refractivity contribution < 1.29 is 17.9 Å². The lowest BCUT2D eigenvalue weighted by atomic mass is 10.2. The Bertz CT molecular complexity index is 747. The van der Waals surface area contributed by atoms with E-state index in [1.165, 1.54) is 12.1 Å². The highest BCUT2D eigenvalue weighted by atomic mass is 35.5. The molecular formula is C15H14ClNO4S. The first kappa shape index (κ1) is 16.5. The number of nitrogens with one attached hydrogen (secondary N) is 1. The molecular weight excluding hydrogens is 326 g/mol. The first-order valence-corrected chi connectivity index (χ1v) is 8.27. The third-order valence-corrected chi connectivity index (χ3v) is 4.51. The highest BCUT2D eigenvalue weighted by molar-refractivity contribution is 7.90. The van der Waals surface area contributed by atoms with Crippen LogP contribution < -0.4 is 4.72 Å². The highest BCUT2D eigenvalue weighted by Crippen LogP contribution is 2.15. The summed E-state index contributed by atoms with van der Waals surface area (Å²) in [6.45, 7) is -0.254. The lowest BCUT2D eigenvalue weighted by Gasteiger charge is -2.08. The fraction of sp³-hybridized carbons (Fsp3) is 0.133. The number of hydrogen-bond donors (Lipinski definition) is 1. The summed E-state index contributed by atoms with van der Waals surface area (Å²) >= 11 is 5.95. The fourth-order valence-corrected chi connectivity index (χ4v) is 2.89. The van der Waals surface area contributed by atoms with E-state index in [0.29, 0.717) is 5.02 Å². The Morgan fingerprint density at radius 1 is 1.05 bits per heavy atom. The molecule has 2 rings (SSSR count). The van der Waals surface area contributed by atoms with E-state index in [4.69, 9.17) is 16.3 Å². The van der Waals surface area contributed by atoms with Crippen LogP contribution in [-0.4, -0.2) is 20.9 Å². The number of ether oxygens (including phenoxy) is 1. The molecule has 0 aliphatic rings. The Labute approximate surface area is 133 Å². The number of amides is 1. The molecule has 22 heavy (non-hydrogen) atoms. The van der Waals surface area contributed by atoms with Crippen LogP contribution in [-0.2, 0) is 26.2 Å². The molecule has 0 saturated carbocycles. The van der Waals surface area contributed by atoms with Crippen LogP contribution >= 0.6 is 11.6 Å². The number of carbonyl (C=O) groups excluding carboxylic acids is 1. The highest BCUT2D eigenvalue weighted by Gasteiger charge is 2.17. The lowest BCUT2D eigenvalue weighted by Crippen LogP contribution is -2.33. The van der Waals surface area contributed by atoms with E-state index in [9.17, 15) is 13.2 Å². The van der Waals surface area contributed by atoms with Gasteiger partial charge in [-0.1, -0.05) is 48.0 Å². The van der Waals surface area contributed by atoms with Gasteiger partial charge < -0.3 is 4.74 Å². The number of rotatable bonds is 6. The molecule has 0 saturated heterocycles. The van der Waals surface area contributed by atoms with Gasteiger partial charge in [0.2, 0.25) is 0 Å². The summed E-state index contributed by atoms with van der Waals surface area (Å²) in [6.07, 6.45) is 0. The molecule has 0 atom stereocenters. The second-order valence-electron chi connectivity index (χ2n) is 4.43. The van der Waals surface area contributed by atoms with Gasteiger partial charge in [-0.05, 0) is 23.8 Å². The summed E-state index contributed by atoms with van der Waals surface area (Å²) in [7, 11) is -3.87. The number of sulfonamides is 1. The first-order chi connectivity index (χ1) is 10.5. The lowest BCUT2D eigenvalue weighted by molar-refractivity contribution is -0.124. The van der Waals surface area contributed by atoms with Gasteiger partial charge in [0.1, 0.15) is 6.61 Å². The molecule has 2 aromatic carbocycles. The van der Waals surface area contributed by atoms with Gasteiger partial charge in [-0.3, -0.25) is 4.79 Å². The summed E-state index contributed by atoms with van der Waals surface area (Å²) in [4.78, 5) is 11.7. The van der Waals surface area contributed by atoms with Crippen LogP contribution in [0, 0.1) is 0 Å². The molecule has 0 radical (unpaired) electrons. The topological polar surface area (TPSA) is 72.5 Å². The van der Waals surface area contributed by atoms with Crippen LogP contribution in [0.25, 0.3) is 0 Å². The molecule has 1 amide bonds. The summed E-state index contributed by atoms with van der Waals surface area (Å²) < 4.78 is 31.0. The van der Waals surface area contributed by atoms with Crippen LogP contribution in [0.1, 0.15) is 5.56 Å². The van der Waals surface area contributed by atoms with E-state index in [0.717, 1.165) is 5.56 Å². The molecule has 7 heteroatoms. The molecule has 0 aromatic heterocycles. The number of hydrogen-bond acceptors (Lipinski definition) is 4. The average Bonchev–Trinajstić information content (AvgIpc) is 2.50. The molecule has 0 aliphatic heterocycles. The van der Waals surface area contributed by atoms with Crippen LogP contribution in [0.2, 0.25) is 5.02 Å². The predicted molar refractivity (Wildman–Crippen MR) is 82.9 cm³/mol. The van der Waals surface area contributed by atoms with Gasteiger partial charge in [0, 0.05) is 5.02 Å². The summed E-state index contributed by atoms with van der Waals surface area (Å²) in [5, 5.41) is 0.528. The molecule has 0 spiro atoms. The molecule has 5 nitrogen and oxygen atoms in total.